The molecular weight excluding hydrogens is 433 g/mol. The molecule has 0 aliphatic rings. The normalized spacial score (nSPS) is 11.8. The molecule has 0 aromatic heterocycles. The van der Waals surface area contributed by atoms with Gasteiger partial charge >= 0.3 is 0 Å². The summed E-state index contributed by atoms with van der Waals surface area (Å²) in [6.07, 6.45) is 6.01. The van der Waals surface area contributed by atoms with Crippen LogP contribution in [0.4, 0.5) is 18.9 Å². The smallest absolute Gasteiger partial charge is 0.286 e. The van der Waals surface area contributed by atoms with E-state index >= 15 is 0 Å². The van der Waals surface area contributed by atoms with Crippen molar-refractivity contribution in [2.24, 2.45) is 10.8 Å². The van der Waals surface area contributed by atoms with Crippen LogP contribution in [0.5, 0.6) is 0 Å². The van der Waals surface area contributed by atoms with E-state index in [1.807, 2.05) is 26.8 Å². The first-order valence-electron chi connectivity index (χ1n) is 10.7. The first kappa shape index (κ1) is 32.5. The van der Waals surface area contributed by atoms with Crippen molar-refractivity contribution < 1.29 is 22.7 Å². The summed E-state index contributed by atoms with van der Waals surface area (Å²) in [6, 6.07) is 6.13. The lowest BCUT2D eigenvalue weighted by molar-refractivity contribution is 0.0599. The van der Waals surface area contributed by atoms with Gasteiger partial charge in [0.1, 0.15) is 0 Å². The highest BCUT2D eigenvalue weighted by atomic mass is 19.3. The maximum Gasteiger partial charge on any atom is 0.286 e. The van der Waals surface area contributed by atoms with Crippen molar-refractivity contribution in [2.75, 3.05) is 39.5 Å². The number of ether oxygens (including phenoxy) is 1. The third-order valence-electron chi connectivity index (χ3n) is 4.00. The maximum atomic E-state index is 14.2. The van der Waals surface area contributed by atoms with Gasteiger partial charge in [0.2, 0.25) is 0 Å². The summed E-state index contributed by atoms with van der Waals surface area (Å²) in [7, 11) is 3.67. The van der Waals surface area contributed by atoms with Gasteiger partial charge in [0.05, 0.1) is 25.2 Å². The Kier molecular flexibility index (Phi) is 18.6. The topological polar surface area (TPSA) is 80.0 Å². The third-order valence-corrected chi connectivity index (χ3v) is 4.00. The molecule has 33 heavy (non-hydrogen) atoms. The summed E-state index contributed by atoms with van der Waals surface area (Å²) in [5.74, 6) is 2.58. The van der Waals surface area contributed by atoms with Gasteiger partial charge in [-0.3, -0.25) is 19.2 Å². The molecule has 1 amide bonds. The number of alkyl halides is 3. The molecule has 0 heterocycles. The molecule has 0 bridgehead atoms. The van der Waals surface area contributed by atoms with E-state index in [4.69, 9.17) is 10.6 Å². The van der Waals surface area contributed by atoms with Crippen molar-refractivity contribution in [3.05, 3.63) is 53.3 Å². The number of aliphatic imine (C=N–C) groups is 1. The van der Waals surface area contributed by atoms with Crippen LogP contribution in [0.2, 0.25) is 0 Å². The fraction of sp³-hybridized carbons (Fsp3) is 0.500. The number of allylic oxidation sites excluding steroid dienone is 4. The molecule has 188 valence electrons. The molecule has 0 aliphatic carbocycles. The van der Waals surface area contributed by atoms with Crippen LogP contribution in [0.15, 0.2) is 52.7 Å². The Hall–Kier alpha value is -2.65. The molecule has 0 saturated carbocycles. The molecule has 9 heteroatoms. The zero-order valence-electron chi connectivity index (χ0n) is 20.8. The Balaban J connectivity index is 0. The molecule has 6 nitrogen and oxygen atoms in total. The van der Waals surface area contributed by atoms with Gasteiger partial charge in [0, 0.05) is 39.4 Å². The molecular formula is C24H39F3N4O2. The molecule has 0 saturated heterocycles. The zero-order valence-corrected chi connectivity index (χ0v) is 20.8. The zero-order chi connectivity index (χ0) is 25.9. The number of amides is 1. The Bertz CT molecular complexity index is 743. The lowest BCUT2D eigenvalue weighted by Gasteiger charge is -2.26. The van der Waals surface area contributed by atoms with Crippen molar-refractivity contribution in [3.8, 4) is 0 Å². The Labute approximate surface area is 196 Å². The Morgan fingerprint density at radius 1 is 1.21 bits per heavy atom. The number of nitrogens with one attached hydrogen (secondary N) is 1. The minimum absolute atomic E-state index is 0.275. The van der Waals surface area contributed by atoms with Crippen molar-refractivity contribution in [1.29, 1.82) is 0 Å². The first-order valence-corrected chi connectivity index (χ1v) is 10.7. The van der Waals surface area contributed by atoms with Crippen LogP contribution in [0.3, 0.4) is 0 Å². The van der Waals surface area contributed by atoms with Crippen LogP contribution in [0.25, 0.3) is 0 Å². The summed E-state index contributed by atoms with van der Waals surface area (Å²) in [6.45, 7) is 7.54. The van der Waals surface area contributed by atoms with Gasteiger partial charge in [-0.05, 0) is 42.7 Å². The van der Waals surface area contributed by atoms with Crippen LogP contribution in [-0.2, 0) is 4.74 Å². The van der Waals surface area contributed by atoms with Crippen LogP contribution >= 0.6 is 0 Å². The number of hydrogen-bond donors (Lipinski definition) is 2. The number of rotatable bonds is 11. The molecule has 0 spiro atoms. The summed E-state index contributed by atoms with van der Waals surface area (Å²) in [5.41, 5.74) is 1.24. The number of anilines is 1. The van der Waals surface area contributed by atoms with Gasteiger partial charge in [-0.1, -0.05) is 32.9 Å². The third kappa shape index (κ3) is 12.8. The second-order valence-electron chi connectivity index (χ2n) is 6.42. The SMILES string of the molecule is CC.CC/C=C(\C=NC)C/C=C(\N(N)c1ccc(C(=O)NCCOC)cc1)C(C)(F)F.CF. The monoisotopic (exact) mass is 472 g/mol. The summed E-state index contributed by atoms with van der Waals surface area (Å²) >= 11 is 0. The molecule has 0 radical (unpaired) electrons. The van der Waals surface area contributed by atoms with Gasteiger partial charge in [0.15, 0.2) is 0 Å². The van der Waals surface area contributed by atoms with E-state index < -0.39 is 5.92 Å². The number of carbonyl (C=O) groups excluding carboxylic acids is 1. The lowest BCUT2D eigenvalue weighted by atomic mass is 10.1. The lowest BCUT2D eigenvalue weighted by Crippen LogP contribution is -2.38. The average Bonchev–Trinajstić information content (AvgIpc) is 2.81. The predicted octanol–water partition coefficient (Wildman–Crippen LogP) is 5.32. The van der Waals surface area contributed by atoms with Gasteiger partial charge in [-0.2, -0.15) is 8.78 Å². The number of halogens is 3. The quantitative estimate of drug-likeness (QED) is 0.198. The molecule has 0 fully saturated rings. The molecule has 1 aromatic carbocycles. The van der Waals surface area contributed by atoms with E-state index in [1.165, 1.54) is 30.3 Å². The standard InChI is InChI=1S/C21H30F2N4O2.C2H6.CH3F/c1-5-6-16(15-25-3)7-12-19(21(2,22)23)27(24)18-10-8-17(9-11-18)20(28)26-13-14-29-4;2*1-2/h6,8-12,15H,5,7,13-14,24H2,1-4H3,(H,26,28);1-2H3;1H3/b16-6-,19-12-,25-15?;;. The number of benzene rings is 1. The number of carbonyl (C=O) groups is 1. The largest absolute Gasteiger partial charge is 0.383 e. The second kappa shape index (κ2) is 18.9. The van der Waals surface area contributed by atoms with E-state index in [9.17, 15) is 18.0 Å². The number of hydrazine groups is 1. The molecule has 1 rings (SSSR count). The van der Waals surface area contributed by atoms with Crippen molar-refractivity contribution in [1.82, 2.24) is 5.32 Å². The van der Waals surface area contributed by atoms with Crippen molar-refractivity contribution in [2.45, 2.75) is 46.5 Å². The summed E-state index contributed by atoms with van der Waals surface area (Å²) in [5, 5.41) is 3.64. The molecule has 0 atom stereocenters. The van der Waals surface area contributed by atoms with Crippen LogP contribution in [0.1, 0.15) is 50.9 Å². The Morgan fingerprint density at radius 3 is 2.24 bits per heavy atom. The molecule has 3 N–H and O–H groups in total. The molecule has 1 aromatic rings. The number of nitrogens with zero attached hydrogens (tertiary/aromatic N) is 2. The minimum atomic E-state index is -3.15. The minimum Gasteiger partial charge on any atom is -0.383 e. The average molecular weight is 473 g/mol. The van der Waals surface area contributed by atoms with Gasteiger partial charge in [0.25, 0.3) is 11.8 Å². The highest BCUT2D eigenvalue weighted by Crippen LogP contribution is 2.29. The van der Waals surface area contributed by atoms with E-state index in [2.05, 4.69) is 10.3 Å². The van der Waals surface area contributed by atoms with E-state index in [0.29, 0.717) is 31.6 Å². The summed E-state index contributed by atoms with van der Waals surface area (Å²) in [4.78, 5) is 16.0. The second-order valence-corrected chi connectivity index (χ2v) is 6.42. The van der Waals surface area contributed by atoms with Crippen molar-refractivity contribution in [3.63, 3.8) is 0 Å². The van der Waals surface area contributed by atoms with Crippen LogP contribution in [-0.4, -0.2) is 52.5 Å². The van der Waals surface area contributed by atoms with Crippen LogP contribution < -0.4 is 16.2 Å². The fourth-order valence-corrected chi connectivity index (χ4v) is 2.60. The van der Waals surface area contributed by atoms with Crippen molar-refractivity contribution >= 4 is 17.8 Å². The molecule has 0 unspecified atom stereocenters. The Morgan fingerprint density at radius 2 is 1.79 bits per heavy atom. The van der Waals surface area contributed by atoms with E-state index in [0.717, 1.165) is 23.9 Å². The molecule has 0 aliphatic heterocycles. The fourth-order valence-electron chi connectivity index (χ4n) is 2.60. The van der Waals surface area contributed by atoms with Crippen LogP contribution in [0, 0.1) is 0 Å². The predicted molar refractivity (Wildman–Crippen MR) is 132 cm³/mol. The number of methoxy groups -OCH3 is 1. The number of nitrogens with two attached hydrogens (primary N) is 1. The van der Waals surface area contributed by atoms with Gasteiger partial charge < -0.3 is 10.1 Å². The number of hydrogen-bond acceptors (Lipinski definition) is 5. The highest BCUT2D eigenvalue weighted by molar-refractivity contribution is 5.94. The van der Waals surface area contributed by atoms with E-state index in [1.54, 1.807) is 20.4 Å². The van der Waals surface area contributed by atoms with Gasteiger partial charge in [-0.15, -0.1) is 0 Å². The summed E-state index contributed by atoms with van der Waals surface area (Å²) < 4.78 is 42.8. The van der Waals surface area contributed by atoms with E-state index in [-0.39, 0.29) is 18.0 Å². The first-order chi connectivity index (χ1) is 15.7. The highest BCUT2D eigenvalue weighted by Gasteiger charge is 2.31. The maximum absolute atomic E-state index is 14.2. The van der Waals surface area contributed by atoms with Gasteiger partial charge in [-0.25, -0.2) is 5.84 Å².